The molecule has 0 amide bonds. The fourth-order valence-electron chi connectivity index (χ4n) is 2.29. The molecule has 0 N–H and O–H groups in total. The predicted molar refractivity (Wildman–Crippen MR) is 79.9 cm³/mol. The lowest BCUT2D eigenvalue weighted by molar-refractivity contribution is 0.354. The van der Waals surface area contributed by atoms with Crippen molar-refractivity contribution < 1.29 is 13.3 Å². The van der Waals surface area contributed by atoms with Crippen molar-refractivity contribution in [1.82, 2.24) is 0 Å². The summed E-state index contributed by atoms with van der Waals surface area (Å²) < 4.78 is 32.1. The zero-order valence-electron chi connectivity index (χ0n) is 10.6. The maximum atomic E-state index is 13.2. The Morgan fingerprint density at radius 2 is 2.15 bits per heavy atom. The zero-order valence-corrected chi connectivity index (χ0v) is 13.0. The van der Waals surface area contributed by atoms with Crippen LogP contribution in [0.4, 0.5) is 4.39 Å². The monoisotopic (exact) mass is 354 g/mol. The second-order valence-electron chi connectivity index (χ2n) is 4.60. The van der Waals surface area contributed by atoms with Crippen LogP contribution in [0, 0.1) is 5.82 Å². The first-order chi connectivity index (χ1) is 9.63. The number of rotatable bonds is 3. The topological polar surface area (TPSA) is 26.3 Å². The molecule has 0 bridgehead atoms. The molecule has 1 heterocycles. The van der Waals surface area contributed by atoms with Crippen molar-refractivity contribution in [3.63, 3.8) is 0 Å². The van der Waals surface area contributed by atoms with E-state index in [4.69, 9.17) is 4.74 Å². The largest absolute Gasteiger partial charge is 0.493 e. The molecule has 2 nitrogen and oxygen atoms in total. The number of ether oxygens (including phenoxy) is 1. The van der Waals surface area contributed by atoms with E-state index in [1.807, 2.05) is 12.1 Å². The Morgan fingerprint density at radius 3 is 2.95 bits per heavy atom. The third-order valence-electron chi connectivity index (χ3n) is 3.17. The van der Waals surface area contributed by atoms with Crippen molar-refractivity contribution in [2.75, 3.05) is 6.61 Å². The quantitative estimate of drug-likeness (QED) is 0.837. The molecule has 3 rings (SSSR count). The fourth-order valence-corrected chi connectivity index (χ4v) is 3.98. The van der Waals surface area contributed by atoms with Crippen molar-refractivity contribution in [2.45, 2.75) is 17.1 Å². The Balaban J connectivity index is 1.90. The van der Waals surface area contributed by atoms with Crippen molar-refractivity contribution >= 4 is 26.7 Å². The average Bonchev–Trinajstić information content (AvgIpc) is 2.86. The number of fused-ring (bicyclic) bond motifs is 1. The first kappa shape index (κ1) is 13.8. The van der Waals surface area contributed by atoms with E-state index in [2.05, 4.69) is 15.9 Å². The van der Waals surface area contributed by atoms with Crippen LogP contribution in [0.1, 0.15) is 11.1 Å². The minimum atomic E-state index is -1.29. The first-order valence-electron chi connectivity index (χ1n) is 6.21. The zero-order chi connectivity index (χ0) is 14.1. The van der Waals surface area contributed by atoms with E-state index in [0.29, 0.717) is 17.3 Å². The van der Waals surface area contributed by atoms with E-state index >= 15 is 0 Å². The van der Waals surface area contributed by atoms with Crippen LogP contribution in [0.15, 0.2) is 45.8 Å². The van der Waals surface area contributed by atoms with E-state index in [-0.39, 0.29) is 5.82 Å². The lowest BCUT2D eigenvalue weighted by Gasteiger charge is -2.09. The molecule has 0 saturated carbocycles. The minimum Gasteiger partial charge on any atom is -0.493 e. The van der Waals surface area contributed by atoms with Gasteiger partial charge in [0.1, 0.15) is 11.6 Å². The highest BCUT2D eigenvalue weighted by molar-refractivity contribution is 9.10. The van der Waals surface area contributed by atoms with Gasteiger partial charge in [0.15, 0.2) is 0 Å². The molecule has 0 aliphatic carbocycles. The Hall–Kier alpha value is -1.20. The van der Waals surface area contributed by atoms with Crippen LogP contribution in [-0.2, 0) is 23.0 Å². The minimum absolute atomic E-state index is 0.325. The Morgan fingerprint density at radius 1 is 1.30 bits per heavy atom. The maximum absolute atomic E-state index is 13.2. The van der Waals surface area contributed by atoms with Gasteiger partial charge in [-0.1, -0.05) is 22.0 Å². The number of hydrogen-bond acceptors (Lipinski definition) is 2. The molecule has 0 saturated heterocycles. The highest BCUT2D eigenvalue weighted by atomic mass is 79.9. The highest BCUT2D eigenvalue weighted by Gasteiger charge is 2.19. The van der Waals surface area contributed by atoms with E-state index < -0.39 is 10.8 Å². The third-order valence-corrected chi connectivity index (χ3v) is 4.98. The van der Waals surface area contributed by atoms with Gasteiger partial charge in [0.05, 0.1) is 23.2 Å². The molecule has 1 aliphatic heterocycles. The van der Waals surface area contributed by atoms with Crippen molar-refractivity contribution in [3.8, 4) is 5.75 Å². The van der Waals surface area contributed by atoms with Gasteiger partial charge in [-0.2, -0.15) is 0 Å². The van der Waals surface area contributed by atoms with Gasteiger partial charge in [-0.05, 0) is 35.9 Å². The maximum Gasteiger partial charge on any atom is 0.126 e. The Kier molecular flexibility index (Phi) is 3.89. The Bertz CT molecular complexity index is 688. The Labute approximate surface area is 127 Å². The van der Waals surface area contributed by atoms with Crippen LogP contribution >= 0.6 is 15.9 Å². The van der Waals surface area contributed by atoms with Gasteiger partial charge >= 0.3 is 0 Å². The summed E-state index contributed by atoms with van der Waals surface area (Å²) in [6.45, 7) is 0.658. The molecular formula is C15H12BrFO2S. The van der Waals surface area contributed by atoms with Gasteiger partial charge in [0, 0.05) is 21.4 Å². The van der Waals surface area contributed by atoms with Crippen LogP contribution in [0.5, 0.6) is 5.75 Å². The summed E-state index contributed by atoms with van der Waals surface area (Å²) in [6.07, 6.45) is 0.869. The molecule has 1 unspecified atom stereocenters. The molecule has 2 aromatic rings. The summed E-state index contributed by atoms with van der Waals surface area (Å²) in [7, 11) is -1.29. The summed E-state index contributed by atoms with van der Waals surface area (Å²) in [5.74, 6) is 0.787. The molecule has 1 aliphatic rings. The molecule has 0 radical (unpaired) electrons. The normalized spacial score (nSPS) is 14.7. The number of hydrogen-bond donors (Lipinski definition) is 0. The third kappa shape index (κ3) is 2.79. The van der Waals surface area contributed by atoms with Gasteiger partial charge in [-0.15, -0.1) is 0 Å². The summed E-state index contributed by atoms with van der Waals surface area (Å²) >= 11 is 3.46. The van der Waals surface area contributed by atoms with Crippen LogP contribution < -0.4 is 4.74 Å². The second-order valence-corrected chi connectivity index (χ2v) is 6.97. The van der Waals surface area contributed by atoms with Gasteiger partial charge in [0.2, 0.25) is 0 Å². The lowest BCUT2D eigenvalue weighted by Crippen LogP contribution is -1.99. The van der Waals surface area contributed by atoms with E-state index in [1.54, 1.807) is 12.1 Å². The number of halogens is 2. The van der Waals surface area contributed by atoms with E-state index in [9.17, 15) is 8.60 Å². The van der Waals surface area contributed by atoms with Crippen LogP contribution in [0.2, 0.25) is 0 Å². The fraction of sp³-hybridized carbons (Fsp3) is 0.200. The first-order valence-corrected chi connectivity index (χ1v) is 8.33. The second kappa shape index (κ2) is 5.66. The van der Waals surface area contributed by atoms with Crippen LogP contribution in [0.3, 0.4) is 0 Å². The van der Waals surface area contributed by atoms with Crippen molar-refractivity contribution in [3.05, 3.63) is 57.8 Å². The molecule has 104 valence electrons. The molecular weight excluding hydrogens is 343 g/mol. The summed E-state index contributed by atoms with van der Waals surface area (Å²) in [6, 6.07) is 9.86. The summed E-state index contributed by atoms with van der Waals surface area (Å²) in [5, 5.41) is 0. The summed E-state index contributed by atoms with van der Waals surface area (Å²) in [5.41, 5.74) is 2.03. The molecule has 0 spiro atoms. The average molecular weight is 355 g/mol. The molecule has 5 heteroatoms. The molecule has 0 aromatic heterocycles. The smallest absolute Gasteiger partial charge is 0.126 e. The predicted octanol–water partition coefficient (Wildman–Crippen LogP) is 3.83. The van der Waals surface area contributed by atoms with Gasteiger partial charge in [0.25, 0.3) is 0 Å². The molecule has 20 heavy (non-hydrogen) atoms. The van der Waals surface area contributed by atoms with E-state index in [0.717, 1.165) is 27.8 Å². The van der Waals surface area contributed by atoms with Gasteiger partial charge < -0.3 is 4.74 Å². The van der Waals surface area contributed by atoms with E-state index in [1.165, 1.54) is 12.1 Å². The van der Waals surface area contributed by atoms with Crippen molar-refractivity contribution in [1.29, 1.82) is 0 Å². The molecule has 2 aromatic carbocycles. The van der Waals surface area contributed by atoms with Crippen LogP contribution in [0.25, 0.3) is 0 Å². The summed E-state index contributed by atoms with van der Waals surface area (Å²) in [4.78, 5) is 0.497. The van der Waals surface area contributed by atoms with Crippen molar-refractivity contribution in [2.24, 2.45) is 0 Å². The number of benzene rings is 2. The van der Waals surface area contributed by atoms with Crippen LogP contribution in [-0.4, -0.2) is 10.8 Å². The molecule has 1 atom stereocenters. The highest BCUT2D eigenvalue weighted by Crippen LogP contribution is 2.34. The van der Waals surface area contributed by atoms with Gasteiger partial charge in [-0.25, -0.2) is 4.39 Å². The lowest BCUT2D eigenvalue weighted by atomic mass is 10.1. The van der Waals surface area contributed by atoms with Gasteiger partial charge in [-0.3, -0.25) is 4.21 Å². The standard InChI is InChI=1S/C15H12BrFO2S/c16-12-6-10-4-5-19-15(10)11(7-12)9-20(18)14-3-1-2-13(17)8-14/h1-3,6-8H,4-5,9H2. The molecule has 0 fully saturated rings. The SMILES string of the molecule is O=S(Cc1cc(Br)cc2c1OCC2)c1cccc(F)c1.